The van der Waals surface area contributed by atoms with Crippen LogP contribution in [0.1, 0.15) is 5.56 Å². The summed E-state index contributed by atoms with van der Waals surface area (Å²) in [5, 5.41) is 8.73. The molecule has 0 amide bonds. The molecular formula is C17H16O5. The highest BCUT2D eigenvalue weighted by atomic mass is 16.6. The van der Waals surface area contributed by atoms with Gasteiger partial charge in [0, 0.05) is 0 Å². The Morgan fingerprint density at radius 2 is 1.86 bits per heavy atom. The second-order valence-electron chi connectivity index (χ2n) is 5.02. The molecule has 5 nitrogen and oxygen atoms in total. The maximum Gasteiger partial charge on any atom is 0.307 e. The van der Waals surface area contributed by atoms with Crippen LogP contribution in [0, 0.1) is 0 Å². The highest BCUT2D eigenvalue weighted by Gasteiger charge is 2.21. The van der Waals surface area contributed by atoms with Gasteiger partial charge in [0.25, 0.3) is 0 Å². The molecular weight excluding hydrogens is 284 g/mol. The van der Waals surface area contributed by atoms with Gasteiger partial charge in [0.1, 0.15) is 19.0 Å². The molecule has 1 heterocycles. The van der Waals surface area contributed by atoms with Crippen molar-refractivity contribution >= 4 is 5.97 Å². The minimum absolute atomic E-state index is 0.0106. The van der Waals surface area contributed by atoms with E-state index in [0.717, 1.165) is 17.1 Å². The van der Waals surface area contributed by atoms with Crippen molar-refractivity contribution in [1.29, 1.82) is 0 Å². The van der Waals surface area contributed by atoms with Gasteiger partial charge < -0.3 is 19.3 Å². The van der Waals surface area contributed by atoms with E-state index in [4.69, 9.17) is 19.3 Å². The van der Waals surface area contributed by atoms with E-state index in [1.54, 1.807) is 24.3 Å². The average Bonchev–Trinajstić information content (AvgIpc) is 2.53. The number of carboxylic acid groups (broad SMARTS) is 1. The Bertz CT molecular complexity index is 650. The van der Waals surface area contributed by atoms with Crippen LogP contribution < -0.4 is 14.2 Å². The normalized spacial score (nSPS) is 16.1. The van der Waals surface area contributed by atoms with E-state index in [1.165, 1.54) is 0 Å². The summed E-state index contributed by atoms with van der Waals surface area (Å²) in [6, 6.07) is 14.5. The fraction of sp³-hybridized carbons (Fsp3) is 0.235. The fourth-order valence-electron chi connectivity index (χ4n) is 2.21. The first-order valence-electron chi connectivity index (χ1n) is 7.03. The van der Waals surface area contributed by atoms with Crippen LogP contribution in [-0.4, -0.2) is 30.4 Å². The lowest BCUT2D eigenvalue weighted by atomic mass is 10.1. The van der Waals surface area contributed by atoms with E-state index in [9.17, 15) is 4.79 Å². The molecule has 114 valence electrons. The molecule has 0 saturated carbocycles. The third-order valence-corrected chi connectivity index (χ3v) is 3.28. The van der Waals surface area contributed by atoms with Crippen molar-refractivity contribution in [2.24, 2.45) is 0 Å². The van der Waals surface area contributed by atoms with Crippen molar-refractivity contribution in [2.75, 3.05) is 13.2 Å². The average molecular weight is 300 g/mol. The third kappa shape index (κ3) is 3.49. The van der Waals surface area contributed by atoms with Gasteiger partial charge in [0.2, 0.25) is 0 Å². The van der Waals surface area contributed by atoms with E-state index < -0.39 is 5.97 Å². The zero-order valence-corrected chi connectivity index (χ0v) is 11.9. The Balaban J connectivity index is 1.54. The second kappa shape index (κ2) is 6.39. The molecule has 1 aliphatic heterocycles. The van der Waals surface area contributed by atoms with Crippen LogP contribution in [0.15, 0.2) is 48.5 Å². The fourth-order valence-corrected chi connectivity index (χ4v) is 2.21. The minimum atomic E-state index is -0.847. The monoisotopic (exact) mass is 300 g/mol. The first-order chi connectivity index (χ1) is 10.7. The molecule has 1 unspecified atom stereocenters. The van der Waals surface area contributed by atoms with Crippen LogP contribution in [0.5, 0.6) is 17.2 Å². The molecule has 0 saturated heterocycles. The molecule has 5 heteroatoms. The van der Waals surface area contributed by atoms with E-state index in [1.807, 2.05) is 24.3 Å². The maximum absolute atomic E-state index is 10.6. The summed E-state index contributed by atoms with van der Waals surface area (Å²) in [7, 11) is 0. The SMILES string of the molecule is O=C(O)Cc1ccc(OCC2COc3ccccc3O2)cc1. The number of ether oxygens (including phenoxy) is 3. The summed E-state index contributed by atoms with van der Waals surface area (Å²) in [5.41, 5.74) is 0.742. The number of aliphatic carboxylic acids is 1. The molecule has 0 spiro atoms. The van der Waals surface area contributed by atoms with Gasteiger partial charge in [-0.2, -0.15) is 0 Å². The Morgan fingerprint density at radius 3 is 2.59 bits per heavy atom. The van der Waals surface area contributed by atoms with Gasteiger partial charge in [-0.25, -0.2) is 0 Å². The summed E-state index contributed by atoms with van der Waals surface area (Å²) in [6.07, 6.45) is -0.162. The third-order valence-electron chi connectivity index (χ3n) is 3.28. The lowest BCUT2D eigenvalue weighted by Gasteiger charge is -2.26. The van der Waals surface area contributed by atoms with Gasteiger partial charge in [-0.15, -0.1) is 0 Å². The van der Waals surface area contributed by atoms with Gasteiger partial charge >= 0.3 is 5.97 Å². The Kier molecular flexibility index (Phi) is 4.14. The van der Waals surface area contributed by atoms with Gasteiger partial charge in [-0.3, -0.25) is 4.79 Å². The number of benzene rings is 2. The molecule has 22 heavy (non-hydrogen) atoms. The lowest BCUT2D eigenvalue weighted by Crippen LogP contribution is -2.34. The van der Waals surface area contributed by atoms with Crippen LogP contribution >= 0.6 is 0 Å². The number of hydrogen-bond acceptors (Lipinski definition) is 4. The van der Waals surface area contributed by atoms with Crippen molar-refractivity contribution in [1.82, 2.24) is 0 Å². The Morgan fingerprint density at radius 1 is 1.14 bits per heavy atom. The van der Waals surface area contributed by atoms with E-state index >= 15 is 0 Å². The van der Waals surface area contributed by atoms with Crippen LogP contribution in [-0.2, 0) is 11.2 Å². The van der Waals surface area contributed by atoms with E-state index in [-0.39, 0.29) is 12.5 Å². The van der Waals surface area contributed by atoms with Gasteiger partial charge in [0.15, 0.2) is 17.6 Å². The number of carbonyl (C=O) groups is 1. The number of para-hydroxylation sites is 2. The highest BCUT2D eigenvalue weighted by Crippen LogP contribution is 2.31. The lowest BCUT2D eigenvalue weighted by molar-refractivity contribution is -0.136. The minimum Gasteiger partial charge on any atom is -0.490 e. The van der Waals surface area contributed by atoms with Crippen molar-refractivity contribution in [3.63, 3.8) is 0 Å². The van der Waals surface area contributed by atoms with Gasteiger partial charge in [-0.05, 0) is 29.8 Å². The van der Waals surface area contributed by atoms with Crippen LogP contribution in [0.2, 0.25) is 0 Å². The predicted molar refractivity (Wildman–Crippen MR) is 79.6 cm³/mol. The first kappa shape index (κ1) is 14.3. The number of hydrogen-bond donors (Lipinski definition) is 1. The quantitative estimate of drug-likeness (QED) is 0.919. The molecule has 0 bridgehead atoms. The molecule has 3 rings (SSSR count). The van der Waals surface area contributed by atoms with Crippen molar-refractivity contribution in [3.8, 4) is 17.2 Å². The summed E-state index contributed by atoms with van der Waals surface area (Å²) >= 11 is 0. The van der Waals surface area contributed by atoms with Crippen molar-refractivity contribution < 1.29 is 24.1 Å². The molecule has 2 aromatic carbocycles. The van der Waals surface area contributed by atoms with Gasteiger partial charge in [-0.1, -0.05) is 24.3 Å². The number of rotatable bonds is 5. The zero-order chi connectivity index (χ0) is 15.4. The van der Waals surface area contributed by atoms with E-state index in [2.05, 4.69) is 0 Å². The molecule has 1 N–H and O–H groups in total. The number of carboxylic acids is 1. The molecule has 0 fully saturated rings. The summed E-state index contributed by atoms with van der Waals surface area (Å²) < 4.78 is 17.1. The molecule has 0 aromatic heterocycles. The van der Waals surface area contributed by atoms with Crippen molar-refractivity contribution in [2.45, 2.75) is 12.5 Å². The molecule has 2 aromatic rings. The molecule has 1 atom stereocenters. The molecule has 1 aliphatic rings. The summed E-state index contributed by atoms with van der Waals surface area (Å²) in [5.74, 6) is 1.30. The highest BCUT2D eigenvalue weighted by molar-refractivity contribution is 5.70. The topological polar surface area (TPSA) is 65.0 Å². The van der Waals surface area contributed by atoms with E-state index in [0.29, 0.717) is 19.0 Å². The van der Waals surface area contributed by atoms with Crippen molar-refractivity contribution in [3.05, 3.63) is 54.1 Å². The van der Waals surface area contributed by atoms with Crippen LogP contribution in [0.3, 0.4) is 0 Å². The Labute approximate surface area is 128 Å². The number of fused-ring (bicyclic) bond motifs is 1. The maximum atomic E-state index is 10.6. The van der Waals surface area contributed by atoms with Crippen LogP contribution in [0.25, 0.3) is 0 Å². The second-order valence-corrected chi connectivity index (χ2v) is 5.02. The molecule has 0 radical (unpaired) electrons. The standard InChI is InChI=1S/C17H16O5/c18-17(19)9-12-5-7-13(8-6-12)20-10-14-11-21-15-3-1-2-4-16(15)22-14/h1-8,14H,9-11H2,(H,18,19). The predicted octanol–water partition coefficient (Wildman–Crippen LogP) is 2.53. The van der Waals surface area contributed by atoms with Gasteiger partial charge in [0.05, 0.1) is 6.42 Å². The summed E-state index contributed by atoms with van der Waals surface area (Å²) in [6.45, 7) is 0.806. The van der Waals surface area contributed by atoms with Crippen LogP contribution in [0.4, 0.5) is 0 Å². The Hall–Kier alpha value is -2.69. The first-order valence-corrected chi connectivity index (χ1v) is 7.03. The smallest absolute Gasteiger partial charge is 0.307 e. The largest absolute Gasteiger partial charge is 0.490 e. The molecule has 0 aliphatic carbocycles. The zero-order valence-electron chi connectivity index (χ0n) is 11.9. The summed E-state index contributed by atoms with van der Waals surface area (Å²) in [4.78, 5) is 10.6.